The predicted molar refractivity (Wildman–Crippen MR) is 80.8 cm³/mol. The molecule has 0 bridgehead atoms. The van der Waals surface area contributed by atoms with Crippen LogP contribution in [0.2, 0.25) is 0 Å². The molecule has 0 radical (unpaired) electrons. The van der Waals surface area contributed by atoms with Gasteiger partial charge >= 0.3 is 5.69 Å². The van der Waals surface area contributed by atoms with E-state index in [0.717, 1.165) is 4.70 Å². The number of hydrogen-bond donors (Lipinski definition) is 0. The molecule has 0 amide bonds. The number of para-hydroxylation sites is 1. The van der Waals surface area contributed by atoms with Crippen LogP contribution in [0.4, 0.5) is 0 Å². The summed E-state index contributed by atoms with van der Waals surface area (Å²) in [7, 11) is 0. The van der Waals surface area contributed by atoms with Crippen LogP contribution < -0.4 is 5.69 Å². The van der Waals surface area contributed by atoms with E-state index >= 15 is 0 Å². The van der Waals surface area contributed by atoms with Crippen molar-refractivity contribution in [3.05, 3.63) is 46.0 Å². The molecule has 0 aliphatic carbocycles. The highest BCUT2D eigenvalue weighted by Crippen LogP contribution is 2.40. The second-order valence-corrected chi connectivity index (χ2v) is 7.25. The molecule has 3 rings (SSSR count). The van der Waals surface area contributed by atoms with E-state index in [9.17, 15) is 10.1 Å². The van der Waals surface area contributed by atoms with E-state index in [-0.39, 0.29) is 11.3 Å². The third kappa shape index (κ3) is 1.97. The van der Waals surface area contributed by atoms with Gasteiger partial charge in [0.25, 0.3) is 0 Å². The van der Waals surface area contributed by atoms with Crippen molar-refractivity contribution in [1.82, 2.24) is 9.38 Å². The normalized spacial score (nSPS) is 11.9. The first-order valence-corrected chi connectivity index (χ1v) is 7.30. The van der Waals surface area contributed by atoms with Crippen LogP contribution >= 0.6 is 46.1 Å². The van der Waals surface area contributed by atoms with Gasteiger partial charge in [0.15, 0.2) is 0 Å². The van der Waals surface area contributed by atoms with Gasteiger partial charge in [-0.15, -0.1) is 11.3 Å². The summed E-state index contributed by atoms with van der Waals surface area (Å²) >= 11 is 18.6. The molecule has 4 nitrogen and oxygen atoms in total. The van der Waals surface area contributed by atoms with Gasteiger partial charge in [0.1, 0.15) is 22.2 Å². The van der Waals surface area contributed by atoms with E-state index in [1.54, 1.807) is 12.1 Å². The zero-order valence-corrected chi connectivity index (χ0v) is 12.7. The molecule has 1 aromatic carbocycles. The summed E-state index contributed by atoms with van der Waals surface area (Å²) in [5, 5.41) is 9.32. The van der Waals surface area contributed by atoms with Crippen molar-refractivity contribution in [3.63, 3.8) is 0 Å². The first kappa shape index (κ1) is 13.7. The smallest absolute Gasteiger partial charge is 0.249 e. The Labute approximate surface area is 131 Å². The summed E-state index contributed by atoms with van der Waals surface area (Å²) in [6.07, 6.45) is 0. The van der Waals surface area contributed by atoms with Crippen molar-refractivity contribution in [3.8, 4) is 6.07 Å². The van der Waals surface area contributed by atoms with E-state index in [1.807, 2.05) is 18.2 Å². The molecule has 0 atom stereocenters. The molecular formula is C12H4Cl3N3OS. The van der Waals surface area contributed by atoms with Gasteiger partial charge < -0.3 is 0 Å². The first-order chi connectivity index (χ1) is 9.43. The Morgan fingerprint density at radius 1 is 1.30 bits per heavy atom. The molecule has 0 N–H and O–H groups in total. The molecule has 0 aliphatic heterocycles. The van der Waals surface area contributed by atoms with Crippen molar-refractivity contribution in [1.29, 1.82) is 5.26 Å². The first-order valence-electron chi connectivity index (χ1n) is 5.35. The van der Waals surface area contributed by atoms with Gasteiger partial charge in [-0.05, 0) is 12.1 Å². The number of rotatable bonds is 0. The zero-order chi connectivity index (χ0) is 14.5. The van der Waals surface area contributed by atoms with Gasteiger partial charge in [0, 0.05) is 0 Å². The van der Waals surface area contributed by atoms with Gasteiger partial charge in [-0.3, -0.25) is 0 Å². The number of thiazole rings is 1. The number of aromatic nitrogens is 2. The Balaban J connectivity index is 2.60. The highest BCUT2D eigenvalue weighted by Gasteiger charge is 2.31. The monoisotopic (exact) mass is 343 g/mol. The quantitative estimate of drug-likeness (QED) is 0.585. The van der Waals surface area contributed by atoms with Crippen LogP contribution in [0.3, 0.4) is 0 Å². The molecule has 2 aromatic heterocycles. The number of benzene rings is 1. The van der Waals surface area contributed by atoms with Crippen molar-refractivity contribution < 1.29 is 0 Å². The number of alkyl halides is 3. The fraction of sp³-hybridized carbons (Fsp3) is 0.0833. The van der Waals surface area contributed by atoms with Crippen LogP contribution in [0.1, 0.15) is 11.3 Å². The molecule has 3 aromatic rings. The zero-order valence-electron chi connectivity index (χ0n) is 9.60. The topological polar surface area (TPSA) is 58.2 Å². The van der Waals surface area contributed by atoms with Gasteiger partial charge in [-0.2, -0.15) is 10.2 Å². The van der Waals surface area contributed by atoms with Gasteiger partial charge in [0.2, 0.25) is 3.79 Å². The van der Waals surface area contributed by atoms with Crippen molar-refractivity contribution >= 4 is 61.2 Å². The van der Waals surface area contributed by atoms with Crippen LogP contribution in [-0.2, 0) is 3.79 Å². The van der Waals surface area contributed by atoms with Crippen molar-refractivity contribution in [2.45, 2.75) is 3.79 Å². The maximum absolute atomic E-state index is 12.2. The molecule has 0 fully saturated rings. The maximum Gasteiger partial charge on any atom is 0.353 e. The van der Waals surface area contributed by atoms with E-state index in [1.165, 1.54) is 15.7 Å². The Morgan fingerprint density at radius 3 is 2.65 bits per heavy atom. The minimum absolute atomic E-state index is 0.103. The lowest BCUT2D eigenvalue weighted by molar-refractivity contribution is 0.957. The number of hydrogen-bond acceptors (Lipinski definition) is 4. The summed E-state index contributed by atoms with van der Waals surface area (Å²) < 4.78 is 0.289. The lowest BCUT2D eigenvalue weighted by Gasteiger charge is -2.11. The molecule has 2 heterocycles. The van der Waals surface area contributed by atoms with Crippen LogP contribution in [0.15, 0.2) is 29.1 Å². The fourth-order valence-corrected chi connectivity index (χ4v) is 3.49. The van der Waals surface area contributed by atoms with Crippen LogP contribution in [0.5, 0.6) is 0 Å². The minimum atomic E-state index is -1.92. The van der Waals surface area contributed by atoms with Crippen molar-refractivity contribution in [2.24, 2.45) is 0 Å². The molecule has 0 saturated heterocycles. The van der Waals surface area contributed by atoms with Crippen LogP contribution in [0.25, 0.3) is 15.0 Å². The lowest BCUT2D eigenvalue weighted by Crippen LogP contribution is -2.22. The second kappa shape index (κ2) is 4.61. The number of nitriles is 1. The number of nitrogens with zero attached hydrogens (tertiary/aromatic N) is 3. The number of fused-ring (bicyclic) bond motifs is 3. The minimum Gasteiger partial charge on any atom is -0.249 e. The Bertz CT molecular complexity index is 933. The van der Waals surface area contributed by atoms with E-state index in [4.69, 9.17) is 34.8 Å². The highest BCUT2D eigenvalue weighted by molar-refractivity contribution is 7.24. The molecule has 0 saturated carbocycles. The predicted octanol–water partition coefficient (Wildman–Crippen LogP) is 3.61. The lowest BCUT2D eigenvalue weighted by atomic mass is 10.2. The largest absolute Gasteiger partial charge is 0.353 e. The molecule has 8 heteroatoms. The molecular weight excluding hydrogens is 341 g/mol. The Hall–Kier alpha value is -1.32. The molecule has 20 heavy (non-hydrogen) atoms. The van der Waals surface area contributed by atoms with Crippen molar-refractivity contribution in [2.75, 3.05) is 0 Å². The summed E-state index contributed by atoms with van der Waals surface area (Å²) in [6.45, 7) is 0. The van der Waals surface area contributed by atoms with Gasteiger partial charge in [0.05, 0.1) is 10.2 Å². The van der Waals surface area contributed by atoms with E-state index < -0.39 is 9.48 Å². The summed E-state index contributed by atoms with van der Waals surface area (Å²) in [4.78, 5) is 16.4. The van der Waals surface area contributed by atoms with Crippen LogP contribution in [0, 0.1) is 11.3 Å². The van der Waals surface area contributed by atoms with E-state index in [0.29, 0.717) is 10.3 Å². The van der Waals surface area contributed by atoms with Gasteiger partial charge in [-0.1, -0.05) is 46.9 Å². The summed E-state index contributed by atoms with van der Waals surface area (Å²) in [5.41, 5.74) is 0.0718. The molecule has 0 aliphatic rings. The second-order valence-electron chi connectivity index (χ2n) is 3.94. The maximum atomic E-state index is 12.2. The molecule has 0 spiro atoms. The highest BCUT2D eigenvalue weighted by atomic mass is 35.6. The third-order valence-corrected chi connectivity index (χ3v) is 4.43. The van der Waals surface area contributed by atoms with E-state index in [2.05, 4.69) is 4.98 Å². The SMILES string of the molecule is N#Cc1c(C(Cl)(Cl)Cl)nc(=O)n2c1sc1ccccc12. The Morgan fingerprint density at radius 2 is 2.00 bits per heavy atom. The number of halogens is 3. The summed E-state index contributed by atoms with van der Waals surface area (Å²) in [6, 6.07) is 9.24. The average Bonchev–Trinajstić information content (AvgIpc) is 2.77. The standard InChI is InChI=1S/C12H4Cl3N3OS/c13-12(14,15)9-6(5-16)10-18(11(19)17-9)7-3-1-2-4-8(7)20-10/h1-4H. The molecule has 0 unspecified atom stereocenters. The Kier molecular flexibility index (Phi) is 3.14. The molecule has 100 valence electrons. The average molecular weight is 345 g/mol. The fourth-order valence-electron chi connectivity index (χ4n) is 1.95. The van der Waals surface area contributed by atoms with Crippen LogP contribution in [-0.4, -0.2) is 9.38 Å². The third-order valence-electron chi connectivity index (χ3n) is 2.75. The summed E-state index contributed by atoms with van der Waals surface area (Å²) in [5.74, 6) is 0. The van der Waals surface area contributed by atoms with Gasteiger partial charge in [-0.25, -0.2) is 9.20 Å².